The van der Waals surface area contributed by atoms with Gasteiger partial charge in [0.1, 0.15) is 12.4 Å². The minimum Gasteiger partial charge on any atom is -0.490 e. The lowest BCUT2D eigenvalue weighted by Crippen LogP contribution is -2.33. The predicted molar refractivity (Wildman–Crippen MR) is 114 cm³/mol. The SMILES string of the molecule is O=C(CN=C1NS(=O)(=O)c2ccccc21)N1CCC[C@H]1c1ccc2c(c1)OCCCO2. The summed E-state index contributed by atoms with van der Waals surface area (Å²) in [5.41, 5.74) is 1.51. The number of carbonyl (C=O) groups is 1. The van der Waals surface area contributed by atoms with Gasteiger partial charge in [-0.1, -0.05) is 18.2 Å². The molecule has 0 saturated carbocycles. The van der Waals surface area contributed by atoms with Crippen LogP contribution in [0, 0.1) is 0 Å². The zero-order chi connectivity index (χ0) is 21.4. The van der Waals surface area contributed by atoms with Crippen molar-refractivity contribution in [2.75, 3.05) is 26.3 Å². The van der Waals surface area contributed by atoms with E-state index < -0.39 is 10.0 Å². The van der Waals surface area contributed by atoms with Crippen LogP contribution in [0.3, 0.4) is 0 Å². The van der Waals surface area contributed by atoms with E-state index in [9.17, 15) is 13.2 Å². The average molecular weight is 442 g/mol. The van der Waals surface area contributed by atoms with E-state index in [0.29, 0.717) is 31.1 Å². The summed E-state index contributed by atoms with van der Waals surface area (Å²) in [5, 5.41) is 0. The third kappa shape index (κ3) is 3.74. The van der Waals surface area contributed by atoms with E-state index in [4.69, 9.17) is 9.47 Å². The number of nitrogens with zero attached hydrogens (tertiary/aromatic N) is 2. The molecule has 31 heavy (non-hydrogen) atoms. The molecule has 0 spiro atoms. The molecule has 2 aromatic rings. The quantitative estimate of drug-likeness (QED) is 0.788. The minimum absolute atomic E-state index is 0.0580. The molecule has 1 amide bonds. The van der Waals surface area contributed by atoms with Gasteiger partial charge in [-0.3, -0.25) is 14.5 Å². The highest BCUT2D eigenvalue weighted by Gasteiger charge is 2.33. The Hall–Kier alpha value is -3.07. The molecule has 0 radical (unpaired) electrons. The largest absolute Gasteiger partial charge is 0.490 e. The molecule has 162 valence electrons. The van der Waals surface area contributed by atoms with E-state index in [2.05, 4.69) is 9.71 Å². The fourth-order valence-corrected chi connectivity index (χ4v) is 5.54. The van der Waals surface area contributed by atoms with Gasteiger partial charge < -0.3 is 14.4 Å². The van der Waals surface area contributed by atoms with Crippen molar-refractivity contribution in [2.45, 2.75) is 30.2 Å². The van der Waals surface area contributed by atoms with Crippen molar-refractivity contribution >= 4 is 21.8 Å². The summed E-state index contributed by atoms with van der Waals surface area (Å²) < 4.78 is 38.4. The van der Waals surface area contributed by atoms with Gasteiger partial charge in [0.2, 0.25) is 5.91 Å². The lowest BCUT2D eigenvalue weighted by molar-refractivity contribution is -0.130. The van der Waals surface area contributed by atoms with Gasteiger partial charge in [0.15, 0.2) is 11.5 Å². The number of likely N-dealkylation sites (tertiary alicyclic amines) is 1. The Labute approximate surface area is 180 Å². The Morgan fingerprint density at radius 2 is 1.90 bits per heavy atom. The van der Waals surface area contributed by atoms with Crippen molar-refractivity contribution in [1.29, 1.82) is 0 Å². The van der Waals surface area contributed by atoms with E-state index in [1.54, 1.807) is 18.2 Å². The van der Waals surface area contributed by atoms with Gasteiger partial charge in [0, 0.05) is 18.5 Å². The van der Waals surface area contributed by atoms with Gasteiger partial charge in [-0.05, 0) is 42.7 Å². The lowest BCUT2D eigenvalue weighted by Gasteiger charge is -2.25. The van der Waals surface area contributed by atoms with Crippen molar-refractivity contribution in [3.05, 3.63) is 53.6 Å². The van der Waals surface area contributed by atoms with Gasteiger partial charge in [-0.15, -0.1) is 0 Å². The molecule has 1 fully saturated rings. The van der Waals surface area contributed by atoms with Crippen molar-refractivity contribution in [3.63, 3.8) is 0 Å². The first kappa shape index (κ1) is 19.9. The number of nitrogens with one attached hydrogen (secondary N) is 1. The summed E-state index contributed by atoms with van der Waals surface area (Å²) in [7, 11) is -3.62. The number of aliphatic imine (C=N–C) groups is 1. The molecule has 0 aliphatic carbocycles. The Morgan fingerprint density at radius 1 is 1.10 bits per heavy atom. The number of carbonyl (C=O) groups excluding carboxylic acids is 1. The number of hydrogen-bond donors (Lipinski definition) is 1. The first-order valence-corrected chi connectivity index (χ1v) is 11.9. The van der Waals surface area contributed by atoms with Crippen LogP contribution in [0.1, 0.15) is 36.4 Å². The van der Waals surface area contributed by atoms with Crippen LogP contribution < -0.4 is 14.2 Å². The van der Waals surface area contributed by atoms with E-state index in [0.717, 1.165) is 30.6 Å². The van der Waals surface area contributed by atoms with Crippen LogP contribution >= 0.6 is 0 Å². The highest BCUT2D eigenvalue weighted by molar-refractivity contribution is 7.90. The highest BCUT2D eigenvalue weighted by Crippen LogP contribution is 2.38. The van der Waals surface area contributed by atoms with E-state index in [1.165, 1.54) is 6.07 Å². The van der Waals surface area contributed by atoms with Crippen molar-refractivity contribution < 1.29 is 22.7 Å². The second kappa shape index (κ2) is 7.88. The van der Waals surface area contributed by atoms with Crippen LogP contribution in [0.2, 0.25) is 0 Å². The minimum atomic E-state index is -3.62. The zero-order valence-electron chi connectivity index (χ0n) is 16.9. The summed E-state index contributed by atoms with van der Waals surface area (Å²) in [6, 6.07) is 12.4. The molecule has 1 saturated heterocycles. The summed E-state index contributed by atoms with van der Waals surface area (Å²) in [5.74, 6) is 1.53. The standard InChI is InChI=1S/C22H23N3O5S/c26-21(14-23-22-16-5-1-2-7-20(16)31(27,28)24-22)25-10-3-6-17(25)15-8-9-18-19(13-15)30-12-4-11-29-18/h1-2,5,7-9,13,17H,3-4,6,10-12,14H2,(H,23,24)/t17-/m0/s1. The molecule has 1 atom stereocenters. The van der Waals surface area contributed by atoms with Crippen molar-refractivity contribution in [1.82, 2.24) is 9.62 Å². The molecular formula is C22H23N3O5S. The van der Waals surface area contributed by atoms with Gasteiger partial charge in [0.05, 0.1) is 24.2 Å². The van der Waals surface area contributed by atoms with E-state index in [-0.39, 0.29) is 29.2 Å². The van der Waals surface area contributed by atoms with Gasteiger partial charge in [-0.2, -0.15) is 0 Å². The molecular weight excluding hydrogens is 418 g/mol. The second-order valence-electron chi connectivity index (χ2n) is 7.77. The predicted octanol–water partition coefficient (Wildman–Crippen LogP) is 2.25. The lowest BCUT2D eigenvalue weighted by atomic mass is 10.0. The average Bonchev–Trinajstić information content (AvgIpc) is 3.27. The molecule has 0 bridgehead atoms. The first-order chi connectivity index (χ1) is 15.0. The fraction of sp³-hybridized carbons (Fsp3) is 0.364. The Balaban J connectivity index is 1.34. The molecule has 3 aliphatic rings. The van der Waals surface area contributed by atoms with Crippen LogP contribution in [0.15, 0.2) is 52.4 Å². The first-order valence-electron chi connectivity index (χ1n) is 10.4. The van der Waals surface area contributed by atoms with E-state index in [1.807, 2.05) is 23.1 Å². The smallest absolute Gasteiger partial charge is 0.263 e. The van der Waals surface area contributed by atoms with Crippen LogP contribution in [-0.4, -0.2) is 51.4 Å². The van der Waals surface area contributed by atoms with Crippen LogP contribution in [0.5, 0.6) is 11.5 Å². The number of amidine groups is 1. The number of benzene rings is 2. The molecule has 8 nitrogen and oxygen atoms in total. The summed E-state index contributed by atoms with van der Waals surface area (Å²) >= 11 is 0. The molecule has 1 N–H and O–H groups in total. The summed E-state index contributed by atoms with van der Waals surface area (Å²) in [6.45, 7) is 1.77. The number of amides is 1. The van der Waals surface area contributed by atoms with Gasteiger partial charge >= 0.3 is 0 Å². The maximum absolute atomic E-state index is 13.0. The number of sulfonamides is 1. The Morgan fingerprint density at radius 3 is 2.77 bits per heavy atom. The number of fused-ring (bicyclic) bond motifs is 2. The second-order valence-corrected chi connectivity index (χ2v) is 9.42. The third-order valence-electron chi connectivity index (χ3n) is 5.76. The number of ether oxygens (including phenoxy) is 2. The molecule has 3 heterocycles. The number of rotatable bonds is 3. The maximum Gasteiger partial charge on any atom is 0.263 e. The van der Waals surface area contributed by atoms with Gasteiger partial charge in [-0.25, -0.2) is 8.42 Å². The van der Waals surface area contributed by atoms with Gasteiger partial charge in [0.25, 0.3) is 10.0 Å². The molecule has 3 aliphatic heterocycles. The molecule has 0 aromatic heterocycles. The molecule has 9 heteroatoms. The Bertz CT molecular complexity index is 1160. The maximum atomic E-state index is 13.0. The fourth-order valence-electron chi connectivity index (χ4n) is 4.29. The molecule has 2 aromatic carbocycles. The highest BCUT2D eigenvalue weighted by atomic mass is 32.2. The third-order valence-corrected chi connectivity index (χ3v) is 7.16. The molecule has 5 rings (SSSR count). The van der Waals surface area contributed by atoms with Crippen molar-refractivity contribution in [2.24, 2.45) is 4.99 Å². The zero-order valence-corrected chi connectivity index (χ0v) is 17.7. The Kier molecular flexibility index (Phi) is 5.05. The topological polar surface area (TPSA) is 97.3 Å². The van der Waals surface area contributed by atoms with E-state index >= 15 is 0 Å². The normalized spacial score (nSPS) is 22.6. The van der Waals surface area contributed by atoms with Crippen molar-refractivity contribution in [3.8, 4) is 11.5 Å². The monoisotopic (exact) mass is 441 g/mol. The summed E-state index contributed by atoms with van der Waals surface area (Å²) in [6.07, 6.45) is 2.60. The number of hydrogen-bond acceptors (Lipinski definition) is 6. The van der Waals surface area contributed by atoms with Crippen LogP contribution in [0.25, 0.3) is 0 Å². The van der Waals surface area contributed by atoms with Crippen LogP contribution in [-0.2, 0) is 14.8 Å². The van der Waals surface area contributed by atoms with Crippen LogP contribution in [0.4, 0.5) is 0 Å². The summed E-state index contributed by atoms with van der Waals surface area (Å²) in [4.78, 5) is 19.3. The molecule has 0 unspecified atom stereocenters.